The molecule has 1 aromatic carbocycles. The summed E-state index contributed by atoms with van der Waals surface area (Å²) in [6.45, 7) is 0. The number of thiol groups is 1. The van der Waals surface area contributed by atoms with Gasteiger partial charge in [0.05, 0.1) is 6.10 Å². The normalized spacial score (nSPS) is 15.0. The third kappa shape index (κ3) is 2.54. The summed E-state index contributed by atoms with van der Waals surface area (Å²) in [7, 11) is 0. The lowest BCUT2D eigenvalue weighted by Crippen LogP contribution is -2.18. The van der Waals surface area contributed by atoms with Crippen LogP contribution in [-0.4, -0.2) is 27.1 Å². The largest absolute Gasteiger partial charge is 0.424 e. The molecule has 0 aliphatic carbocycles. The molecule has 0 saturated heterocycles. The molecule has 2 aromatic rings. The standard InChI is InChI=1S/C11H14N2O3S/c12-11-13-7-5-6(1-2-9(7)16-11)10(15)8(14)3-4-17/h1-2,5,8,10,14-15,17H,3-4H2,(H2,12,13). The molecule has 0 aliphatic rings. The highest BCUT2D eigenvalue weighted by atomic mass is 32.1. The van der Waals surface area contributed by atoms with Gasteiger partial charge in [0, 0.05) is 0 Å². The predicted molar refractivity (Wildman–Crippen MR) is 67.9 cm³/mol. The quantitative estimate of drug-likeness (QED) is 0.614. The van der Waals surface area contributed by atoms with Crippen LogP contribution in [0.15, 0.2) is 22.6 Å². The third-order valence-electron chi connectivity index (χ3n) is 2.56. The lowest BCUT2D eigenvalue weighted by molar-refractivity contribution is 0.0173. The molecule has 0 spiro atoms. The summed E-state index contributed by atoms with van der Waals surface area (Å²) in [4.78, 5) is 3.96. The Morgan fingerprint density at radius 2 is 2.18 bits per heavy atom. The van der Waals surface area contributed by atoms with Gasteiger partial charge in [-0.1, -0.05) is 6.07 Å². The van der Waals surface area contributed by atoms with E-state index in [1.165, 1.54) is 0 Å². The number of nitrogen functional groups attached to an aromatic ring is 1. The Balaban J connectivity index is 2.28. The van der Waals surface area contributed by atoms with Crippen molar-refractivity contribution in [1.29, 1.82) is 0 Å². The third-order valence-corrected chi connectivity index (χ3v) is 2.82. The fourth-order valence-electron chi connectivity index (χ4n) is 1.66. The van der Waals surface area contributed by atoms with Crippen molar-refractivity contribution >= 4 is 29.7 Å². The van der Waals surface area contributed by atoms with Crippen LogP contribution in [0.2, 0.25) is 0 Å². The average molecular weight is 254 g/mol. The fraction of sp³-hybridized carbons (Fsp3) is 0.364. The van der Waals surface area contributed by atoms with Crippen molar-refractivity contribution < 1.29 is 14.6 Å². The zero-order valence-corrected chi connectivity index (χ0v) is 9.97. The number of hydrogen-bond acceptors (Lipinski definition) is 6. The van der Waals surface area contributed by atoms with Crippen molar-refractivity contribution in [3.63, 3.8) is 0 Å². The van der Waals surface area contributed by atoms with Gasteiger partial charge in [-0.05, 0) is 29.9 Å². The number of oxazole rings is 1. The zero-order chi connectivity index (χ0) is 12.4. The summed E-state index contributed by atoms with van der Waals surface area (Å²) in [5, 5.41) is 19.6. The molecule has 0 radical (unpaired) electrons. The van der Waals surface area contributed by atoms with Gasteiger partial charge in [-0.25, -0.2) is 0 Å². The molecule has 0 bridgehead atoms. The molecular formula is C11H14N2O3S. The molecule has 92 valence electrons. The number of hydrogen-bond donors (Lipinski definition) is 4. The second-order valence-electron chi connectivity index (χ2n) is 3.80. The summed E-state index contributed by atoms with van der Waals surface area (Å²) in [5.41, 5.74) is 7.13. The molecular weight excluding hydrogens is 240 g/mol. The Morgan fingerprint density at radius 1 is 1.41 bits per heavy atom. The van der Waals surface area contributed by atoms with Crippen LogP contribution >= 0.6 is 12.6 Å². The molecule has 0 aliphatic heterocycles. The molecule has 2 unspecified atom stereocenters. The van der Waals surface area contributed by atoms with E-state index in [9.17, 15) is 10.2 Å². The topological polar surface area (TPSA) is 92.5 Å². The first-order valence-electron chi connectivity index (χ1n) is 5.25. The second kappa shape index (κ2) is 4.95. The zero-order valence-electron chi connectivity index (χ0n) is 9.08. The molecule has 2 rings (SSSR count). The number of rotatable bonds is 4. The molecule has 4 N–H and O–H groups in total. The van der Waals surface area contributed by atoms with Gasteiger partial charge in [-0.2, -0.15) is 17.6 Å². The van der Waals surface area contributed by atoms with Gasteiger partial charge in [0.15, 0.2) is 5.58 Å². The maximum Gasteiger partial charge on any atom is 0.292 e. The van der Waals surface area contributed by atoms with Crippen LogP contribution in [0.4, 0.5) is 6.01 Å². The van der Waals surface area contributed by atoms with E-state index in [-0.39, 0.29) is 6.01 Å². The van der Waals surface area contributed by atoms with Crippen molar-refractivity contribution in [3.8, 4) is 0 Å². The highest BCUT2D eigenvalue weighted by Gasteiger charge is 2.18. The first kappa shape index (κ1) is 12.2. The number of anilines is 1. The van der Waals surface area contributed by atoms with E-state index in [2.05, 4.69) is 17.6 Å². The molecule has 17 heavy (non-hydrogen) atoms. The number of aliphatic hydroxyl groups excluding tert-OH is 2. The van der Waals surface area contributed by atoms with Gasteiger partial charge in [0.1, 0.15) is 11.6 Å². The monoisotopic (exact) mass is 254 g/mol. The van der Waals surface area contributed by atoms with Crippen molar-refractivity contribution in [3.05, 3.63) is 23.8 Å². The first-order chi connectivity index (χ1) is 8.11. The first-order valence-corrected chi connectivity index (χ1v) is 5.88. The summed E-state index contributed by atoms with van der Waals surface area (Å²) < 4.78 is 5.12. The van der Waals surface area contributed by atoms with Gasteiger partial charge in [-0.15, -0.1) is 0 Å². The number of fused-ring (bicyclic) bond motifs is 1. The van der Waals surface area contributed by atoms with Crippen molar-refractivity contribution in [1.82, 2.24) is 4.98 Å². The van der Waals surface area contributed by atoms with Crippen LogP contribution < -0.4 is 5.73 Å². The molecule has 0 amide bonds. The van der Waals surface area contributed by atoms with Crippen LogP contribution in [0, 0.1) is 0 Å². The van der Waals surface area contributed by atoms with E-state index in [1.54, 1.807) is 18.2 Å². The number of nitrogens with zero attached hydrogens (tertiary/aromatic N) is 1. The smallest absolute Gasteiger partial charge is 0.292 e. The Kier molecular flexibility index (Phi) is 3.56. The predicted octanol–water partition coefficient (Wildman–Crippen LogP) is 1.12. The Morgan fingerprint density at radius 3 is 2.88 bits per heavy atom. The minimum atomic E-state index is -0.954. The lowest BCUT2D eigenvalue weighted by Gasteiger charge is -2.16. The van der Waals surface area contributed by atoms with Gasteiger partial charge in [-0.3, -0.25) is 0 Å². The van der Waals surface area contributed by atoms with Gasteiger partial charge in [0.2, 0.25) is 0 Å². The Hall–Kier alpha value is -1.24. The number of benzene rings is 1. The highest BCUT2D eigenvalue weighted by molar-refractivity contribution is 7.80. The van der Waals surface area contributed by atoms with Crippen LogP contribution in [-0.2, 0) is 0 Å². The minimum Gasteiger partial charge on any atom is -0.424 e. The van der Waals surface area contributed by atoms with Crippen molar-refractivity contribution in [2.45, 2.75) is 18.6 Å². The summed E-state index contributed by atoms with van der Waals surface area (Å²) in [6.07, 6.45) is -1.37. The van der Waals surface area contributed by atoms with E-state index >= 15 is 0 Å². The summed E-state index contributed by atoms with van der Waals surface area (Å²) >= 11 is 4.01. The molecule has 1 aromatic heterocycles. The fourth-order valence-corrected chi connectivity index (χ4v) is 1.92. The molecule has 0 saturated carbocycles. The number of aliphatic hydroxyl groups is 2. The van der Waals surface area contributed by atoms with Crippen LogP contribution in [0.1, 0.15) is 18.1 Å². The highest BCUT2D eigenvalue weighted by Crippen LogP contribution is 2.24. The Bertz CT molecular complexity index is 514. The molecule has 2 atom stereocenters. The van der Waals surface area contributed by atoms with E-state index in [1.807, 2.05) is 0 Å². The summed E-state index contributed by atoms with van der Waals surface area (Å²) in [6, 6.07) is 5.09. The minimum absolute atomic E-state index is 0.0857. The molecule has 0 fully saturated rings. The van der Waals surface area contributed by atoms with Crippen LogP contribution in [0.3, 0.4) is 0 Å². The van der Waals surface area contributed by atoms with Crippen LogP contribution in [0.5, 0.6) is 0 Å². The molecule has 1 heterocycles. The second-order valence-corrected chi connectivity index (χ2v) is 4.25. The van der Waals surface area contributed by atoms with E-state index in [0.717, 1.165) is 0 Å². The number of nitrogens with two attached hydrogens (primary N) is 1. The van der Waals surface area contributed by atoms with Gasteiger partial charge >= 0.3 is 0 Å². The Labute approximate surface area is 104 Å². The van der Waals surface area contributed by atoms with E-state index in [4.69, 9.17) is 10.2 Å². The summed E-state index contributed by atoms with van der Waals surface area (Å²) in [5.74, 6) is 0.511. The van der Waals surface area contributed by atoms with Crippen molar-refractivity contribution in [2.24, 2.45) is 0 Å². The maximum atomic E-state index is 9.91. The lowest BCUT2D eigenvalue weighted by atomic mass is 10.0. The van der Waals surface area contributed by atoms with E-state index in [0.29, 0.717) is 28.8 Å². The number of aromatic nitrogens is 1. The van der Waals surface area contributed by atoms with E-state index < -0.39 is 12.2 Å². The van der Waals surface area contributed by atoms with Gasteiger partial charge < -0.3 is 20.4 Å². The average Bonchev–Trinajstić information content (AvgIpc) is 2.67. The van der Waals surface area contributed by atoms with Gasteiger partial charge in [0.25, 0.3) is 6.01 Å². The molecule has 6 heteroatoms. The SMILES string of the molecule is Nc1nc2cc(C(O)C(O)CCS)ccc2o1. The van der Waals surface area contributed by atoms with Crippen LogP contribution in [0.25, 0.3) is 11.1 Å². The van der Waals surface area contributed by atoms with Crippen molar-refractivity contribution in [2.75, 3.05) is 11.5 Å². The maximum absolute atomic E-state index is 9.91. The molecule has 5 nitrogen and oxygen atoms in total.